The fourth-order valence-corrected chi connectivity index (χ4v) is 2.45. The van der Waals surface area contributed by atoms with Gasteiger partial charge >= 0.3 is 5.97 Å². The Morgan fingerprint density at radius 2 is 1.96 bits per heavy atom. The first kappa shape index (κ1) is 19.3. The predicted molar refractivity (Wildman–Crippen MR) is 97.7 cm³/mol. The average Bonchev–Trinajstić information content (AvgIpc) is 3.06. The Morgan fingerprint density at radius 1 is 1.24 bits per heavy atom. The summed E-state index contributed by atoms with van der Waals surface area (Å²) in [7, 11) is 0. The maximum absolute atomic E-state index is 11.9. The average molecular weight is 347 g/mol. The molecule has 0 aromatic heterocycles. The number of benzene rings is 1. The third-order valence-corrected chi connectivity index (χ3v) is 4.56. The summed E-state index contributed by atoms with van der Waals surface area (Å²) in [6.07, 6.45) is 1.67. The van der Waals surface area contributed by atoms with Crippen molar-refractivity contribution in [2.45, 2.75) is 53.5 Å². The van der Waals surface area contributed by atoms with Crippen LogP contribution in [0.5, 0.6) is 11.5 Å². The standard InChI is InChI=1S/C20H29NO4/c1-6-13(2)20(22)25-16(5)14(3)11-21-15(4)9-17-7-8-18-19(10-17)24-12-23-18/h7-8,10,13,15,21H,6,9,11-12H2,1-5H3/b16-14+. The number of carbonyl (C=O) groups is 1. The van der Waals surface area contributed by atoms with Crippen LogP contribution in [-0.4, -0.2) is 25.3 Å². The van der Waals surface area contributed by atoms with Gasteiger partial charge in [-0.15, -0.1) is 0 Å². The van der Waals surface area contributed by atoms with Crippen LogP contribution in [0.2, 0.25) is 0 Å². The van der Waals surface area contributed by atoms with Crippen LogP contribution in [0.4, 0.5) is 0 Å². The van der Waals surface area contributed by atoms with E-state index in [1.54, 1.807) is 0 Å². The summed E-state index contributed by atoms with van der Waals surface area (Å²) in [6, 6.07) is 6.33. The van der Waals surface area contributed by atoms with Crippen LogP contribution in [0.3, 0.4) is 0 Å². The minimum Gasteiger partial charge on any atom is -0.454 e. The summed E-state index contributed by atoms with van der Waals surface area (Å²) in [5.41, 5.74) is 2.24. The van der Waals surface area contributed by atoms with E-state index in [4.69, 9.17) is 14.2 Å². The van der Waals surface area contributed by atoms with Crippen LogP contribution in [0.15, 0.2) is 29.5 Å². The smallest absolute Gasteiger partial charge is 0.313 e. The van der Waals surface area contributed by atoms with Gasteiger partial charge in [-0.25, -0.2) is 0 Å². The van der Waals surface area contributed by atoms with Crippen LogP contribution in [-0.2, 0) is 16.0 Å². The van der Waals surface area contributed by atoms with Crippen molar-refractivity contribution in [2.24, 2.45) is 5.92 Å². The summed E-state index contributed by atoms with van der Waals surface area (Å²) in [5.74, 6) is 2.08. The monoisotopic (exact) mass is 347 g/mol. The molecule has 2 unspecified atom stereocenters. The number of hydrogen-bond donors (Lipinski definition) is 1. The Kier molecular flexibility index (Phi) is 6.88. The highest BCUT2D eigenvalue weighted by molar-refractivity contribution is 5.73. The lowest BCUT2D eigenvalue weighted by Crippen LogP contribution is -2.30. The van der Waals surface area contributed by atoms with Crippen molar-refractivity contribution < 1.29 is 19.0 Å². The van der Waals surface area contributed by atoms with Gasteiger partial charge in [-0.2, -0.15) is 0 Å². The highest BCUT2D eigenvalue weighted by Crippen LogP contribution is 2.32. The topological polar surface area (TPSA) is 56.8 Å². The quantitative estimate of drug-likeness (QED) is 0.572. The molecular weight excluding hydrogens is 318 g/mol. The van der Waals surface area contributed by atoms with Gasteiger partial charge in [0.05, 0.1) is 5.92 Å². The lowest BCUT2D eigenvalue weighted by Gasteiger charge is -2.16. The van der Waals surface area contributed by atoms with Crippen molar-refractivity contribution in [2.75, 3.05) is 13.3 Å². The molecule has 1 N–H and O–H groups in total. The fraction of sp³-hybridized carbons (Fsp3) is 0.550. The Bertz CT molecular complexity index is 639. The van der Waals surface area contributed by atoms with Gasteiger partial charge in [0, 0.05) is 12.6 Å². The number of ether oxygens (including phenoxy) is 3. The van der Waals surface area contributed by atoms with Gasteiger partial charge in [0.2, 0.25) is 6.79 Å². The number of hydrogen-bond acceptors (Lipinski definition) is 5. The molecule has 0 bridgehead atoms. The molecule has 1 aromatic rings. The lowest BCUT2D eigenvalue weighted by molar-refractivity contribution is -0.143. The van der Waals surface area contributed by atoms with E-state index in [0.29, 0.717) is 19.1 Å². The zero-order valence-electron chi connectivity index (χ0n) is 15.8. The van der Waals surface area contributed by atoms with E-state index < -0.39 is 0 Å². The molecule has 0 saturated carbocycles. The molecule has 5 nitrogen and oxygen atoms in total. The van der Waals surface area contributed by atoms with Gasteiger partial charge in [-0.05, 0) is 56.9 Å². The zero-order chi connectivity index (χ0) is 18.4. The zero-order valence-corrected chi connectivity index (χ0v) is 15.8. The minimum absolute atomic E-state index is 0.0689. The first-order valence-electron chi connectivity index (χ1n) is 8.90. The molecule has 2 atom stereocenters. The largest absolute Gasteiger partial charge is 0.454 e. The summed E-state index contributed by atoms with van der Waals surface area (Å²) in [5, 5.41) is 3.47. The molecule has 1 aromatic carbocycles. The van der Waals surface area contributed by atoms with Gasteiger partial charge < -0.3 is 19.5 Å². The summed E-state index contributed by atoms with van der Waals surface area (Å²) in [4.78, 5) is 11.9. The Morgan fingerprint density at radius 3 is 2.68 bits per heavy atom. The normalized spacial score (nSPS) is 16.2. The van der Waals surface area contributed by atoms with Gasteiger partial charge in [-0.3, -0.25) is 4.79 Å². The fourth-order valence-electron chi connectivity index (χ4n) is 2.45. The Balaban J connectivity index is 1.83. The third kappa shape index (κ3) is 5.49. The number of allylic oxidation sites excluding steroid dienone is 1. The van der Waals surface area contributed by atoms with E-state index in [9.17, 15) is 4.79 Å². The highest BCUT2D eigenvalue weighted by Gasteiger charge is 2.15. The number of carbonyl (C=O) groups excluding carboxylic acids is 1. The molecule has 25 heavy (non-hydrogen) atoms. The molecule has 0 amide bonds. The SMILES string of the molecule is CCC(C)C(=O)O/C(C)=C(\C)CNC(C)Cc1ccc2c(c1)OCO2. The van der Waals surface area contributed by atoms with Gasteiger partial charge in [0.25, 0.3) is 0 Å². The maximum atomic E-state index is 11.9. The van der Waals surface area contributed by atoms with E-state index in [2.05, 4.69) is 18.3 Å². The predicted octanol–water partition coefficient (Wildman–Crippen LogP) is 3.82. The van der Waals surface area contributed by atoms with Crippen LogP contribution < -0.4 is 14.8 Å². The summed E-state index contributed by atoms with van der Waals surface area (Å²) in [6.45, 7) is 10.8. The molecule has 0 aliphatic carbocycles. The van der Waals surface area contributed by atoms with Crippen molar-refractivity contribution in [3.05, 3.63) is 35.1 Å². The van der Waals surface area contributed by atoms with Crippen molar-refractivity contribution >= 4 is 5.97 Å². The second-order valence-corrected chi connectivity index (χ2v) is 6.74. The molecule has 0 radical (unpaired) electrons. The van der Waals surface area contributed by atoms with Gasteiger partial charge in [0.1, 0.15) is 5.76 Å². The number of rotatable bonds is 8. The van der Waals surface area contributed by atoms with E-state index >= 15 is 0 Å². The molecule has 2 rings (SSSR count). The van der Waals surface area contributed by atoms with E-state index in [1.807, 2.05) is 39.8 Å². The second-order valence-electron chi connectivity index (χ2n) is 6.74. The number of fused-ring (bicyclic) bond motifs is 1. The van der Waals surface area contributed by atoms with Crippen LogP contribution in [0.25, 0.3) is 0 Å². The first-order valence-corrected chi connectivity index (χ1v) is 8.90. The molecule has 1 heterocycles. The highest BCUT2D eigenvalue weighted by atomic mass is 16.7. The molecule has 0 fully saturated rings. The molecular formula is C20H29NO4. The van der Waals surface area contributed by atoms with Crippen LogP contribution in [0, 0.1) is 5.92 Å². The lowest BCUT2D eigenvalue weighted by atomic mass is 10.1. The minimum atomic E-state index is -0.159. The van der Waals surface area contributed by atoms with Crippen molar-refractivity contribution in [1.82, 2.24) is 5.32 Å². The molecule has 5 heteroatoms. The second kappa shape index (κ2) is 8.90. The first-order chi connectivity index (χ1) is 11.9. The van der Waals surface area contributed by atoms with Crippen molar-refractivity contribution in [1.29, 1.82) is 0 Å². The van der Waals surface area contributed by atoms with Gasteiger partial charge in [0.15, 0.2) is 11.5 Å². The van der Waals surface area contributed by atoms with Crippen molar-refractivity contribution in [3.63, 3.8) is 0 Å². The van der Waals surface area contributed by atoms with E-state index in [-0.39, 0.29) is 17.9 Å². The Labute approximate surface area is 150 Å². The summed E-state index contributed by atoms with van der Waals surface area (Å²) < 4.78 is 16.2. The molecule has 0 saturated heterocycles. The molecule has 0 spiro atoms. The van der Waals surface area contributed by atoms with E-state index in [1.165, 1.54) is 5.56 Å². The molecule has 1 aliphatic heterocycles. The Hall–Kier alpha value is -2.01. The number of nitrogens with one attached hydrogen (secondary N) is 1. The summed E-state index contributed by atoms with van der Waals surface area (Å²) >= 11 is 0. The molecule has 1 aliphatic rings. The third-order valence-electron chi connectivity index (χ3n) is 4.56. The number of esters is 1. The maximum Gasteiger partial charge on any atom is 0.313 e. The van der Waals surface area contributed by atoms with Gasteiger partial charge in [-0.1, -0.05) is 19.9 Å². The van der Waals surface area contributed by atoms with Crippen LogP contribution in [0.1, 0.15) is 46.6 Å². The van der Waals surface area contributed by atoms with Crippen LogP contribution >= 0.6 is 0 Å². The van der Waals surface area contributed by atoms with E-state index in [0.717, 1.165) is 29.9 Å². The van der Waals surface area contributed by atoms with Crippen molar-refractivity contribution in [3.8, 4) is 11.5 Å². The molecule has 138 valence electrons.